The molecule has 2 N–H and O–H groups in total. The van der Waals surface area contributed by atoms with Gasteiger partial charge in [-0.1, -0.05) is 61.3 Å². The third-order valence-electron chi connectivity index (χ3n) is 6.60. The molecule has 0 fully saturated rings. The van der Waals surface area contributed by atoms with Crippen molar-refractivity contribution in [3.8, 4) is 5.69 Å². The number of hydrogen-bond donors (Lipinski definition) is 2. The summed E-state index contributed by atoms with van der Waals surface area (Å²) in [4.78, 5) is 13.5. The first-order valence-electron chi connectivity index (χ1n) is 12.5. The lowest BCUT2D eigenvalue weighted by atomic mass is 9.69. The number of aliphatic hydroxyl groups excluding tert-OH is 1. The molecule has 0 spiro atoms. The molecule has 0 saturated heterocycles. The largest absolute Gasteiger partial charge is 0.418 e. The van der Waals surface area contributed by atoms with Crippen molar-refractivity contribution >= 4 is 34.8 Å². The van der Waals surface area contributed by atoms with Crippen LogP contribution in [0.15, 0.2) is 53.7 Å². The first kappa shape index (κ1) is 29.2. The second kappa shape index (κ2) is 10.6. The maximum absolute atomic E-state index is 13.9. The summed E-state index contributed by atoms with van der Waals surface area (Å²) >= 11 is 13.0. The van der Waals surface area contributed by atoms with Gasteiger partial charge in [-0.2, -0.15) is 18.3 Å². The number of aromatic nitrogens is 2. The van der Waals surface area contributed by atoms with Crippen molar-refractivity contribution in [2.24, 2.45) is 5.41 Å². The maximum atomic E-state index is 13.9. The van der Waals surface area contributed by atoms with E-state index in [2.05, 4.69) is 10.4 Å². The van der Waals surface area contributed by atoms with Gasteiger partial charge in [0.15, 0.2) is 5.78 Å². The predicted octanol–water partition coefficient (Wildman–Crippen LogP) is 8.09. The van der Waals surface area contributed by atoms with Crippen LogP contribution in [0.1, 0.15) is 68.8 Å². The topological polar surface area (TPSA) is 67.2 Å². The van der Waals surface area contributed by atoms with E-state index < -0.39 is 17.7 Å². The van der Waals surface area contributed by atoms with Crippen LogP contribution < -0.4 is 5.32 Å². The van der Waals surface area contributed by atoms with Gasteiger partial charge in [-0.25, -0.2) is 4.68 Å². The Hall–Kier alpha value is -2.81. The number of fused-ring (bicyclic) bond motifs is 1. The molecular weight excluding hydrogens is 550 g/mol. The Morgan fingerprint density at radius 3 is 2.38 bits per heavy atom. The van der Waals surface area contributed by atoms with Gasteiger partial charge >= 0.3 is 6.18 Å². The number of anilines is 1. The van der Waals surface area contributed by atoms with Gasteiger partial charge in [0, 0.05) is 35.3 Å². The lowest BCUT2D eigenvalue weighted by molar-refractivity contribution is -0.137. The molecule has 2 aromatic carbocycles. The Kier molecular flexibility index (Phi) is 7.96. The molecule has 2 aliphatic rings. The summed E-state index contributed by atoms with van der Waals surface area (Å²) in [5, 5.41) is 16.5. The standard InChI is InChI=1S/C26H22Cl2F3N3O.C3H8O/c1-13-20-21(14-7-6-9-16(27)23(14)28)22-17(11-25(2,3)12-19(22)35)32-24(20)34(33-13)18-10-5-4-8-15(18)26(29,30)31;1-3(2)4/h4-10,21,32H,11-12H2,1-3H3;3-4H,1-2H3. The summed E-state index contributed by atoms with van der Waals surface area (Å²) in [6, 6.07) is 10.5. The highest BCUT2D eigenvalue weighted by Gasteiger charge is 2.44. The molecule has 1 atom stereocenters. The number of ketones is 1. The smallest absolute Gasteiger partial charge is 0.394 e. The van der Waals surface area contributed by atoms with Crippen molar-refractivity contribution < 1.29 is 23.1 Å². The van der Waals surface area contributed by atoms with E-state index in [9.17, 15) is 18.0 Å². The quantitative estimate of drug-likeness (QED) is 0.322. The minimum absolute atomic E-state index is 0.0294. The van der Waals surface area contributed by atoms with Crippen LogP contribution in [0, 0.1) is 12.3 Å². The number of carbonyl (C=O) groups is 1. The van der Waals surface area contributed by atoms with E-state index in [1.165, 1.54) is 16.8 Å². The van der Waals surface area contributed by atoms with Crippen molar-refractivity contribution in [2.45, 2.75) is 65.7 Å². The fraction of sp³-hybridized carbons (Fsp3) is 0.379. The molecule has 5 rings (SSSR count). The number of aryl methyl sites for hydroxylation is 1. The number of allylic oxidation sites excluding steroid dienone is 2. The van der Waals surface area contributed by atoms with Gasteiger partial charge in [0.1, 0.15) is 5.82 Å². The summed E-state index contributed by atoms with van der Waals surface area (Å²) in [6.07, 6.45) is -3.84. The summed E-state index contributed by atoms with van der Waals surface area (Å²) < 4.78 is 42.9. The van der Waals surface area contributed by atoms with Crippen molar-refractivity contribution in [3.63, 3.8) is 0 Å². The molecule has 2 heterocycles. The zero-order chi connectivity index (χ0) is 28.9. The van der Waals surface area contributed by atoms with E-state index in [1.54, 1.807) is 45.0 Å². The minimum Gasteiger partial charge on any atom is -0.394 e. The Morgan fingerprint density at radius 1 is 1.10 bits per heavy atom. The van der Waals surface area contributed by atoms with Gasteiger partial charge in [0.2, 0.25) is 0 Å². The van der Waals surface area contributed by atoms with Crippen LogP contribution in [0.3, 0.4) is 0 Å². The van der Waals surface area contributed by atoms with Gasteiger partial charge < -0.3 is 10.4 Å². The molecule has 10 heteroatoms. The number of rotatable bonds is 2. The number of nitrogens with one attached hydrogen (secondary N) is 1. The van der Waals surface area contributed by atoms with E-state index in [4.69, 9.17) is 28.3 Å². The molecule has 0 bridgehead atoms. The zero-order valence-corrected chi connectivity index (χ0v) is 23.8. The van der Waals surface area contributed by atoms with Gasteiger partial charge in [-0.15, -0.1) is 0 Å². The SMILES string of the molecule is CC(C)O.Cc1nn(-c2ccccc2C(F)(F)F)c2c1C(c1cccc(Cl)c1Cl)C1=C(CC(C)(C)CC1=O)N2. The normalized spacial score (nSPS) is 18.3. The summed E-state index contributed by atoms with van der Waals surface area (Å²) in [7, 11) is 0. The second-order valence-electron chi connectivity index (χ2n) is 10.9. The number of hydrogen-bond acceptors (Lipinski definition) is 4. The summed E-state index contributed by atoms with van der Waals surface area (Å²) in [6.45, 7) is 9.16. The molecule has 0 radical (unpaired) electrons. The number of Topliss-reactive ketones (excluding diaryl/α,β-unsaturated/α-hetero) is 1. The highest BCUT2D eigenvalue weighted by Crippen LogP contribution is 2.52. The Labute approximate surface area is 235 Å². The monoisotopic (exact) mass is 579 g/mol. The highest BCUT2D eigenvalue weighted by atomic mass is 35.5. The molecule has 0 saturated carbocycles. The summed E-state index contributed by atoms with van der Waals surface area (Å²) in [5.74, 6) is -0.245. The van der Waals surface area contributed by atoms with Crippen LogP contribution in [-0.2, 0) is 11.0 Å². The third kappa shape index (κ3) is 5.74. The lowest BCUT2D eigenvalue weighted by Gasteiger charge is -2.39. The molecular formula is C29H30Cl2F3N3O2. The predicted molar refractivity (Wildman–Crippen MR) is 148 cm³/mol. The van der Waals surface area contributed by atoms with Crippen molar-refractivity contribution in [1.29, 1.82) is 0 Å². The molecule has 0 amide bonds. The number of para-hydroxylation sites is 1. The van der Waals surface area contributed by atoms with Crippen LogP contribution >= 0.6 is 23.2 Å². The fourth-order valence-electron chi connectivity index (χ4n) is 5.20. The molecule has 3 aromatic rings. The third-order valence-corrected chi connectivity index (χ3v) is 7.44. The van der Waals surface area contributed by atoms with Crippen LogP contribution in [0.4, 0.5) is 19.0 Å². The Morgan fingerprint density at radius 2 is 1.74 bits per heavy atom. The van der Waals surface area contributed by atoms with E-state index in [1.807, 2.05) is 13.8 Å². The van der Waals surface area contributed by atoms with Gasteiger partial charge in [-0.05, 0) is 56.4 Å². The van der Waals surface area contributed by atoms with Crippen molar-refractivity contribution in [2.75, 3.05) is 5.32 Å². The number of carbonyl (C=O) groups excluding carboxylic acids is 1. The number of nitrogens with zero attached hydrogens (tertiary/aromatic N) is 2. The average Bonchev–Trinajstić information content (AvgIpc) is 3.14. The van der Waals surface area contributed by atoms with E-state index in [0.29, 0.717) is 56.8 Å². The number of aliphatic hydroxyl groups is 1. The van der Waals surface area contributed by atoms with Crippen LogP contribution in [0.5, 0.6) is 0 Å². The number of halogens is 5. The van der Waals surface area contributed by atoms with Crippen molar-refractivity contribution in [1.82, 2.24) is 9.78 Å². The van der Waals surface area contributed by atoms with E-state index >= 15 is 0 Å². The van der Waals surface area contributed by atoms with Gasteiger partial charge in [-0.3, -0.25) is 4.79 Å². The van der Waals surface area contributed by atoms with Gasteiger partial charge in [0.05, 0.1) is 27.0 Å². The second-order valence-corrected chi connectivity index (χ2v) is 11.7. The van der Waals surface area contributed by atoms with Crippen LogP contribution in [0.2, 0.25) is 10.0 Å². The van der Waals surface area contributed by atoms with E-state index in [0.717, 1.165) is 6.07 Å². The molecule has 1 aliphatic heterocycles. The first-order valence-corrected chi connectivity index (χ1v) is 13.3. The molecule has 1 unspecified atom stereocenters. The molecule has 208 valence electrons. The first-order chi connectivity index (χ1) is 18.1. The Bertz CT molecular complexity index is 1460. The minimum atomic E-state index is -4.57. The van der Waals surface area contributed by atoms with E-state index in [-0.39, 0.29) is 23.0 Å². The summed E-state index contributed by atoms with van der Waals surface area (Å²) in [5.41, 5.74) is 1.75. The van der Waals surface area contributed by atoms with Gasteiger partial charge in [0.25, 0.3) is 0 Å². The highest BCUT2D eigenvalue weighted by molar-refractivity contribution is 6.42. The Balaban J connectivity index is 0.000000826. The van der Waals surface area contributed by atoms with Crippen LogP contribution in [0.25, 0.3) is 5.69 Å². The number of alkyl halides is 3. The molecule has 1 aliphatic carbocycles. The van der Waals surface area contributed by atoms with Crippen molar-refractivity contribution in [3.05, 3.63) is 86.2 Å². The molecule has 1 aromatic heterocycles. The number of benzene rings is 2. The molecule has 5 nitrogen and oxygen atoms in total. The average molecular weight is 580 g/mol. The van der Waals surface area contributed by atoms with Crippen LogP contribution in [-0.4, -0.2) is 26.8 Å². The molecule has 39 heavy (non-hydrogen) atoms. The maximum Gasteiger partial charge on any atom is 0.418 e. The zero-order valence-electron chi connectivity index (χ0n) is 22.3. The lowest BCUT2D eigenvalue weighted by Crippen LogP contribution is -2.34. The fourth-order valence-corrected chi connectivity index (χ4v) is 5.62.